The third kappa shape index (κ3) is 6.66. The first-order chi connectivity index (χ1) is 7.45. The number of rotatable bonds is 2. The molecule has 2 fully saturated rings. The molecule has 2 aliphatic carbocycles. The Labute approximate surface area is 112 Å². The molecule has 0 spiro atoms. The van der Waals surface area contributed by atoms with Crippen molar-refractivity contribution in [1.82, 2.24) is 0 Å². The van der Waals surface area contributed by atoms with Crippen molar-refractivity contribution in [3.05, 3.63) is 0 Å². The van der Waals surface area contributed by atoms with Crippen molar-refractivity contribution in [3.8, 4) is 0 Å². The molecule has 0 N–H and O–H groups in total. The van der Waals surface area contributed by atoms with Gasteiger partial charge in [-0.2, -0.15) is 19.8 Å². The van der Waals surface area contributed by atoms with E-state index in [0.717, 1.165) is 0 Å². The van der Waals surface area contributed by atoms with Crippen LogP contribution in [-0.4, -0.2) is 18.1 Å². The Hall–Kier alpha value is 0.240. The van der Waals surface area contributed by atoms with Gasteiger partial charge >= 0.3 is 0 Å². The topological polar surface area (TPSA) is 24.7 Å². The first-order valence-electron chi connectivity index (χ1n) is 6.60. The normalized spacial score (nSPS) is 21.6. The molecule has 0 saturated heterocycles. The summed E-state index contributed by atoms with van der Waals surface area (Å²) in [7, 11) is 0. The molecule has 0 radical (unpaired) electrons. The van der Waals surface area contributed by atoms with Crippen molar-refractivity contribution >= 4 is 25.8 Å². The SMILES string of the molecule is C(=NC1CCCCC1)=NC1CCCCC1.P.P. The maximum Gasteiger partial charge on any atom is 0.0898 e. The smallest absolute Gasteiger partial charge is 0.0898 e. The van der Waals surface area contributed by atoms with Crippen molar-refractivity contribution < 1.29 is 0 Å². The summed E-state index contributed by atoms with van der Waals surface area (Å²) in [6.45, 7) is 0. The van der Waals surface area contributed by atoms with Crippen LogP contribution in [0.4, 0.5) is 0 Å². The van der Waals surface area contributed by atoms with E-state index < -0.39 is 0 Å². The highest BCUT2D eigenvalue weighted by Gasteiger charge is 2.12. The molecule has 2 nitrogen and oxygen atoms in total. The molecule has 17 heavy (non-hydrogen) atoms. The summed E-state index contributed by atoms with van der Waals surface area (Å²) in [5, 5.41) is 0. The minimum atomic E-state index is 0. The van der Waals surface area contributed by atoms with Gasteiger partial charge in [0.25, 0.3) is 0 Å². The van der Waals surface area contributed by atoms with Crippen LogP contribution in [0.2, 0.25) is 0 Å². The van der Waals surface area contributed by atoms with Crippen LogP contribution in [0.5, 0.6) is 0 Å². The third-order valence-electron chi connectivity index (χ3n) is 3.63. The van der Waals surface area contributed by atoms with Crippen molar-refractivity contribution in [2.45, 2.75) is 76.3 Å². The van der Waals surface area contributed by atoms with Crippen LogP contribution in [0.25, 0.3) is 0 Å². The Balaban J connectivity index is 0.00000128. The van der Waals surface area contributed by atoms with E-state index >= 15 is 0 Å². The summed E-state index contributed by atoms with van der Waals surface area (Å²) < 4.78 is 0. The van der Waals surface area contributed by atoms with Gasteiger partial charge in [0.2, 0.25) is 0 Å². The molecule has 0 amide bonds. The van der Waals surface area contributed by atoms with E-state index in [1.54, 1.807) is 0 Å². The van der Waals surface area contributed by atoms with Gasteiger partial charge < -0.3 is 0 Å². The van der Waals surface area contributed by atoms with Crippen LogP contribution < -0.4 is 0 Å². The Bertz CT molecular complexity index is 216. The fraction of sp³-hybridized carbons (Fsp3) is 0.923. The van der Waals surface area contributed by atoms with Gasteiger partial charge in [-0.1, -0.05) is 38.5 Å². The van der Waals surface area contributed by atoms with Crippen molar-refractivity contribution in [2.75, 3.05) is 0 Å². The summed E-state index contributed by atoms with van der Waals surface area (Å²) in [5.41, 5.74) is 0. The fourth-order valence-electron chi connectivity index (χ4n) is 2.62. The van der Waals surface area contributed by atoms with Crippen LogP contribution in [0.1, 0.15) is 64.2 Å². The molecule has 2 saturated carbocycles. The number of hydrogen-bond acceptors (Lipinski definition) is 2. The van der Waals surface area contributed by atoms with Crippen LogP contribution in [0.15, 0.2) is 9.98 Å². The molecular weight excluding hydrogens is 246 g/mol. The molecule has 4 heteroatoms. The number of hydrogen-bond donors (Lipinski definition) is 0. The zero-order valence-electron chi connectivity index (χ0n) is 11.0. The molecule has 2 atom stereocenters. The lowest BCUT2D eigenvalue weighted by atomic mass is 9.96. The van der Waals surface area contributed by atoms with Gasteiger partial charge in [-0.25, -0.2) is 9.98 Å². The van der Waals surface area contributed by atoms with Crippen LogP contribution in [0.3, 0.4) is 0 Å². The highest BCUT2D eigenvalue weighted by molar-refractivity contribution is 6.92. The Morgan fingerprint density at radius 3 is 1.29 bits per heavy atom. The first-order valence-corrected chi connectivity index (χ1v) is 6.60. The first kappa shape index (κ1) is 17.2. The van der Waals surface area contributed by atoms with Crippen LogP contribution in [-0.2, 0) is 0 Å². The third-order valence-corrected chi connectivity index (χ3v) is 3.63. The van der Waals surface area contributed by atoms with Crippen LogP contribution >= 0.6 is 19.8 Å². The summed E-state index contributed by atoms with van der Waals surface area (Å²) in [6.07, 6.45) is 13.2. The quantitative estimate of drug-likeness (QED) is 0.538. The van der Waals surface area contributed by atoms with Gasteiger partial charge in [-0.05, 0) is 25.7 Å². The Kier molecular flexibility index (Phi) is 10.3. The molecule has 2 aliphatic rings. The van der Waals surface area contributed by atoms with Crippen molar-refractivity contribution in [2.24, 2.45) is 9.98 Å². The molecular formula is C13H28N2P2. The predicted octanol–water partition coefficient (Wildman–Crippen LogP) is 3.94. The molecule has 100 valence electrons. The second-order valence-electron chi connectivity index (χ2n) is 4.94. The lowest BCUT2D eigenvalue weighted by molar-refractivity contribution is 0.438. The van der Waals surface area contributed by atoms with E-state index in [1.807, 2.05) is 0 Å². The van der Waals surface area contributed by atoms with E-state index in [9.17, 15) is 0 Å². The maximum atomic E-state index is 4.46. The van der Waals surface area contributed by atoms with Crippen molar-refractivity contribution in [1.29, 1.82) is 0 Å². The minimum absolute atomic E-state index is 0. The minimum Gasteiger partial charge on any atom is -0.222 e. The summed E-state index contributed by atoms with van der Waals surface area (Å²) in [4.78, 5) is 8.92. The van der Waals surface area contributed by atoms with Gasteiger partial charge in [0.1, 0.15) is 0 Å². The van der Waals surface area contributed by atoms with Gasteiger partial charge in [0.05, 0.1) is 18.1 Å². The average Bonchev–Trinajstić information content (AvgIpc) is 2.32. The highest BCUT2D eigenvalue weighted by atomic mass is 31.0. The maximum absolute atomic E-state index is 4.46. The summed E-state index contributed by atoms with van der Waals surface area (Å²) >= 11 is 0. The van der Waals surface area contributed by atoms with Crippen LogP contribution in [0, 0.1) is 0 Å². The van der Waals surface area contributed by atoms with Gasteiger partial charge in [0, 0.05) is 0 Å². The summed E-state index contributed by atoms with van der Waals surface area (Å²) in [6, 6.07) is 4.04. The summed E-state index contributed by atoms with van der Waals surface area (Å²) in [5.74, 6) is 0. The molecule has 0 aromatic rings. The molecule has 0 bridgehead atoms. The average molecular weight is 274 g/mol. The molecule has 0 aliphatic heterocycles. The standard InChI is InChI=1S/C13H22N2.2H3P/c1-3-7-12(8-4-1)14-11-15-13-9-5-2-6-10-13;;/h12-13H,1-10H2;2*1H3. The molecule has 2 unspecified atom stereocenters. The van der Waals surface area contributed by atoms with E-state index in [0.29, 0.717) is 12.1 Å². The van der Waals surface area contributed by atoms with E-state index in [2.05, 4.69) is 16.0 Å². The van der Waals surface area contributed by atoms with E-state index in [-0.39, 0.29) is 19.8 Å². The Morgan fingerprint density at radius 1 is 0.588 bits per heavy atom. The second kappa shape index (κ2) is 10.2. The zero-order chi connectivity index (χ0) is 10.3. The highest BCUT2D eigenvalue weighted by Crippen LogP contribution is 2.21. The number of nitrogens with zero attached hydrogens (tertiary/aromatic N) is 2. The van der Waals surface area contributed by atoms with Gasteiger partial charge in [-0.3, -0.25) is 0 Å². The molecule has 2 rings (SSSR count). The predicted molar refractivity (Wildman–Crippen MR) is 85.8 cm³/mol. The second-order valence-corrected chi connectivity index (χ2v) is 4.94. The van der Waals surface area contributed by atoms with E-state index in [4.69, 9.17) is 0 Å². The number of aliphatic imine (C=N–C) groups is 2. The lowest BCUT2D eigenvalue weighted by Gasteiger charge is -2.17. The zero-order valence-corrected chi connectivity index (χ0v) is 13.9. The monoisotopic (exact) mass is 274 g/mol. The lowest BCUT2D eigenvalue weighted by Crippen LogP contribution is -2.10. The molecule has 0 heterocycles. The van der Waals surface area contributed by atoms with Crippen molar-refractivity contribution in [3.63, 3.8) is 0 Å². The van der Waals surface area contributed by atoms with Gasteiger partial charge in [0.15, 0.2) is 0 Å². The fourth-order valence-corrected chi connectivity index (χ4v) is 2.62. The molecule has 0 aromatic carbocycles. The largest absolute Gasteiger partial charge is 0.222 e. The Morgan fingerprint density at radius 2 is 0.941 bits per heavy atom. The van der Waals surface area contributed by atoms with E-state index in [1.165, 1.54) is 64.2 Å². The van der Waals surface area contributed by atoms with Gasteiger partial charge in [-0.15, -0.1) is 0 Å². The molecule has 0 aromatic heterocycles.